The molecule has 0 radical (unpaired) electrons. The summed E-state index contributed by atoms with van der Waals surface area (Å²) in [7, 11) is 1.19. The predicted molar refractivity (Wildman–Crippen MR) is 132 cm³/mol. The van der Waals surface area contributed by atoms with Crippen molar-refractivity contribution in [1.82, 2.24) is 5.32 Å². The minimum absolute atomic E-state index is 0.0560. The number of nitrogens with zero attached hydrogens (tertiary/aromatic N) is 1. The van der Waals surface area contributed by atoms with Crippen LogP contribution in [0.1, 0.15) is 18.4 Å². The van der Waals surface area contributed by atoms with Gasteiger partial charge in [0.2, 0.25) is 11.8 Å². The Hall–Kier alpha value is -3.29. The van der Waals surface area contributed by atoms with E-state index in [9.17, 15) is 19.6 Å². The number of esters is 1. The molecule has 2 N–H and O–H groups in total. The quantitative estimate of drug-likeness (QED) is 0.382. The summed E-state index contributed by atoms with van der Waals surface area (Å²) in [6, 6.07) is 16.2. The third-order valence-corrected chi connectivity index (χ3v) is 6.56. The Morgan fingerprint density at radius 2 is 1.91 bits per heavy atom. The molecule has 2 aromatic carbocycles. The number of hydrogen-bond acceptors (Lipinski definition) is 7. The summed E-state index contributed by atoms with van der Waals surface area (Å²) in [5, 5.41) is 15.6. The summed E-state index contributed by atoms with van der Waals surface area (Å²) in [4.78, 5) is 38.0. The van der Waals surface area contributed by atoms with Crippen molar-refractivity contribution in [3.63, 3.8) is 0 Å². The number of allylic oxidation sites excluding steroid dienone is 1. The van der Waals surface area contributed by atoms with E-state index in [2.05, 4.69) is 32.6 Å². The van der Waals surface area contributed by atoms with Gasteiger partial charge in [-0.05, 0) is 37.3 Å². The zero-order valence-electron chi connectivity index (χ0n) is 18.5. The maximum absolute atomic E-state index is 13.0. The van der Waals surface area contributed by atoms with Crippen molar-refractivity contribution in [3.8, 4) is 11.8 Å². The van der Waals surface area contributed by atoms with E-state index in [1.807, 2.05) is 6.92 Å². The van der Waals surface area contributed by atoms with Crippen LogP contribution >= 0.6 is 27.7 Å². The second-order valence-corrected chi connectivity index (χ2v) is 9.04. The van der Waals surface area contributed by atoms with Gasteiger partial charge in [0.15, 0.2) is 0 Å². The summed E-state index contributed by atoms with van der Waals surface area (Å²) >= 11 is 4.35. The molecule has 34 heavy (non-hydrogen) atoms. The molecular weight excluding hydrogens is 522 g/mol. The first-order valence-electron chi connectivity index (χ1n) is 10.3. The van der Waals surface area contributed by atoms with Crippen LogP contribution in [0, 0.1) is 17.2 Å². The van der Waals surface area contributed by atoms with E-state index in [4.69, 9.17) is 9.47 Å². The van der Waals surface area contributed by atoms with Crippen LogP contribution in [0.15, 0.2) is 63.6 Å². The molecule has 2 amide bonds. The van der Waals surface area contributed by atoms with Crippen LogP contribution in [0.2, 0.25) is 0 Å². The van der Waals surface area contributed by atoms with Gasteiger partial charge in [0.25, 0.3) is 0 Å². The van der Waals surface area contributed by atoms with Crippen molar-refractivity contribution in [3.05, 3.63) is 69.2 Å². The molecule has 2 aromatic rings. The van der Waals surface area contributed by atoms with Crippen LogP contribution in [0.3, 0.4) is 0 Å². The fourth-order valence-electron chi connectivity index (χ4n) is 3.55. The van der Waals surface area contributed by atoms with Gasteiger partial charge in [-0.2, -0.15) is 5.26 Å². The number of carbonyl (C=O) groups excluding carboxylic acids is 3. The first-order chi connectivity index (χ1) is 16.4. The van der Waals surface area contributed by atoms with E-state index in [0.717, 1.165) is 16.2 Å². The van der Waals surface area contributed by atoms with Gasteiger partial charge in [-0.3, -0.25) is 14.4 Å². The lowest BCUT2D eigenvalue weighted by atomic mass is 9.78. The highest BCUT2D eigenvalue weighted by Gasteiger charge is 2.45. The van der Waals surface area contributed by atoms with Gasteiger partial charge in [-0.25, -0.2) is 0 Å². The highest BCUT2D eigenvalue weighted by molar-refractivity contribution is 9.10. The molecule has 2 atom stereocenters. The van der Waals surface area contributed by atoms with Gasteiger partial charge in [0.05, 0.1) is 36.1 Å². The van der Waals surface area contributed by atoms with Crippen molar-refractivity contribution in [2.45, 2.75) is 12.8 Å². The number of thioether (sulfide) groups is 1. The van der Waals surface area contributed by atoms with Crippen molar-refractivity contribution in [2.24, 2.45) is 5.92 Å². The molecule has 10 heteroatoms. The molecule has 0 spiro atoms. The maximum Gasteiger partial charge on any atom is 0.319 e. The number of ether oxygens (including phenoxy) is 2. The van der Waals surface area contributed by atoms with Gasteiger partial charge in [-0.15, -0.1) is 0 Å². The summed E-state index contributed by atoms with van der Waals surface area (Å²) in [5.41, 5.74) is 1.29. The number of amides is 2. The molecule has 1 aliphatic heterocycles. The Morgan fingerprint density at radius 1 is 1.21 bits per heavy atom. The van der Waals surface area contributed by atoms with Crippen molar-refractivity contribution < 1.29 is 23.9 Å². The fraction of sp³-hybridized carbons (Fsp3) is 0.250. The normalized spacial score (nSPS) is 17.4. The maximum atomic E-state index is 13.0. The van der Waals surface area contributed by atoms with Crippen LogP contribution < -0.4 is 15.4 Å². The number of anilines is 1. The summed E-state index contributed by atoms with van der Waals surface area (Å²) in [6.07, 6.45) is 0. The minimum Gasteiger partial charge on any atom is -0.494 e. The van der Waals surface area contributed by atoms with Crippen LogP contribution in [0.4, 0.5) is 5.69 Å². The second-order valence-electron chi connectivity index (χ2n) is 7.14. The van der Waals surface area contributed by atoms with Crippen molar-refractivity contribution >= 4 is 51.2 Å². The highest BCUT2D eigenvalue weighted by atomic mass is 79.9. The second kappa shape index (κ2) is 11.7. The van der Waals surface area contributed by atoms with Crippen LogP contribution in [-0.4, -0.2) is 37.3 Å². The van der Waals surface area contributed by atoms with Crippen molar-refractivity contribution in [2.75, 3.05) is 24.8 Å². The Kier molecular flexibility index (Phi) is 8.73. The molecule has 0 saturated carbocycles. The molecule has 0 fully saturated rings. The lowest BCUT2D eigenvalue weighted by Crippen LogP contribution is -2.44. The Morgan fingerprint density at radius 3 is 2.56 bits per heavy atom. The third-order valence-electron chi connectivity index (χ3n) is 5.01. The predicted octanol–water partition coefficient (Wildman–Crippen LogP) is 3.96. The van der Waals surface area contributed by atoms with Gasteiger partial charge >= 0.3 is 5.97 Å². The zero-order valence-corrected chi connectivity index (χ0v) is 20.9. The van der Waals surface area contributed by atoms with Gasteiger partial charge in [0, 0.05) is 21.6 Å². The van der Waals surface area contributed by atoms with E-state index >= 15 is 0 Å². The number of methoxy groups -OCH3 is 1. The van der Waals surface area contributed by atoms with E-state index in [1.165, 1.54) is 7.11 Å². The number of para-hydroxylation sites is 1. The molecule has 0 aliphatic carbocycles. The topological polar surface area (TPSA) is 118 Å². The third kappa shape index (κ3) is 5.79. The average molecular weight is 544 g/mol. The van der Waals surface area contributed by atoms with E-state index in [-0.39, 0.29) is 22.3 Å². The minimum atomic E-state index is -1.28. The molecule has 0 unspecified atom stereocenters. The van der Waals surface area contributed by atoms with Gasteiger partial charge in [0.1, 0.15) is 11.7 Å². The molecule has 0 saturated heterocycles. The molecule has 1 aliphatic rings. The molecule has 1 heterocycles. The van der Waals surface area contributed by atoms with E-state index in [0.29, 0.717) is 23.6 Å². The SMILES string of the molecule is CCOc1ccccc1[C@@H]1C(C#N)=C(SCC(=O)Nc2ccc(Br)cc2)NC(=O)[C@H]1C(=O)OC. The molecule has 8 nitrogen and oxygen atoms in total. The number of nitrogens with one attached hydrogen (secondary N) is 2. The molecule has 3 rings (SSSR count). The lowest BCUT2D eigenvalue weighted by Gasteiger charge is -2.31. The van der Waals surface area contributed by atoms with Crippen molar-refractivity contribution in [1.29, 1.82) is 5.26 Å². The summed E-state index contributed by atoms with van der Waals surface area (Å²) in [6.45, 7) is 2.18. The molecule has 0 aromatic heterocycles. The smallest absolute Gasteiger partial charge is 0.319 e. The van der Waals surface area contributed by atoms with Crippen LogP contribution in [-0.2, 0) is 19.1 Å². The number of halogens is 1. The summed E-state index contributed by atoms with van der Waals surface area (Å²) < 4.78 is 11.4. The number of nitriles is 1. The molecular formula is C24H22BrN3O5S. The van der Waals surface area contributed by atoms with E-state index in [1.54, 1.807) is 48.5 Å². The standard InChI is InChI=1S/C24H22BrN3O5S/c1-3-33-18-7-5-4-6-16(18)20-17(12-26)23(28-22(30)21(20)24(31)32-2)34-13-19(29)27-15-10-8-14(25)9-11-15/h4-11,20-21H,3,13H2,1-2H3,(H,27,29)(H,28,30)/t20-,21+/m1/s1. The summed E-state index contributed by atoms with van der Waals surface area (Å²) in [5.74, 6) is -3.49. The van der Waals surface area contributed by atoms with Crippen LogP contribution in [0.25, 0.3) is 0 Å². The largest absolute Gasteiger partial charge is 0.494 e. The number of hydrogen-bond donors (Lipinski definition) is 2. The first kappa shape index (κ1) is 25.3. The number of carbonyl (C=O) groups is 3. The lowest BCUT2D eigenvalue weighted by molar-refractivity contribution is -0.150. The Bertz CT molecular complexity index is 1160. The highest BCUT2D eigenvalue weighted by Crippen LogP contribution is 2.43. The molecule has 0 bridgehead atoms. The fourth-order valence-corrected chi connectivity index (χ4v) is 4.66. The first-order valence-corrected chi connectivity index (χ1v) is 12.1. The Labute approximate surface area is 209 Å². The van der Waals surface area contributed by atoms with E-state index < -0.39 is 23.7 Å². The zero-order chi connectivity index (χ0) is 24.7. The number of benzene rings is 2. The average Bonchev–Trinajstić information content (AvgIpc) is 2.84. The van der Waals surface area contributed by atoms with Gasteiger partial charge in [-0.1, -0.05) is 45.9 Å². The molecule has 176 valence electrons. The Balaban J connectivity index is 1.93. The van der Waals surface area contributed by atoms with Crippen LogP contribution in [0.5, 0.6) is 5.75 Å². The van der Waals surface area contributed by atoms with Gasteiger partial charge < -0.3 is 20.1 Å². The monoisotopic (exact) mass is 543 g/mol. The number of rotatable bonds is 8.